The third-order valence-corrected chi connectivity index (χ3v) is 4.99. The molecule has 146 valence electrons. The summed E-state index contributed by atoms with van der Waals surface area (Å²) in [5.41, 5.74) is 2.62. The zero-order chi connectivity index (χ0) is 20.0. The van der Waals surface area contributed by atoms with Crippen LogP contribution in [-0.4, -0.2) is 34.2 Å². The maximum absolute atomic E-state index is 12.6. The number of hydrogen-bond acceptors (Lipinski definition) is 3. The monoisotopic (exact) mass is 434 g/mol. The number of aryl methyl sites for hydroxylation is 3. The first kappa shape index (κ1) is 21.2. The van der Waals surface area contributed by atoms with Crippen LogP contribution in [0.1, 0.15) is 42.0 Å². The summed E-state index contributed by atoms with van der Waals surface area (Å²) in [6.45, 7) is 9.10. The fourth-order valence-corrected chi connectivity index (χ4v) is 3.32. The van der Waals surface area contributed by atoms with E-state index in [2.05, 4.69) is 31.7 Å². The summed E-state index contributed by atoms with van der Waals surface area (Å²) in [5, 5.41) is 10.2. The van der Waals surface area contributed by atoms with Gasteiger partial charge in [0.2, 0.25) is 5.91 Å². The summed E-state index contributed by atoms with van der Waals surface area (Å²) < 4.78 is 2.64. The van der Waals surface area contributed by atoms with Crippen LogP contribution in [0.3, 0.4) is 0 Å². The molecule has 1 aromatic carbocycles. The smallest absolute Gasteiger partial charge is 0.253 e. The summed E-state index contributed by atoms with van der Waals surface area (Å²) in [6, 6.07) is 8.61. The van der Waals surface area contributed by atoms with Gasteiger partial charge in [-0.15, -0.1) is 0 Å². The van der Waals surface area contributed by atoms with E-state index in [0.29, 0.717) is 16.6 Å². The molecule has 0 fully saturated rings. The van der Waals surface area contributed by atoms with Crippen LogP contribution in [0.4, 0.5) is 0 Å². The first-order valence-electron chi connectivity index (χ1n) is 9.13. The predicted octanol–water partition coefficient (Wildman–Crippen LogP) is 3.22. The van der Waals surface area contributed by atoms with Crippen molar-refractivity contribution in [2.24, 2.45) is 5.92 Å². The molecule has 0 saturated carbocycles. The molecule has 0 aliphatic rings. The second kappa shape index (κ2) is 9.69. The number of aromatic nitrogens is 2. The van der Waals surface area contributed by atoms with Crippen molar-refractivity contribution in [1.29, 1.82) is 0 Å². The van der Waals surface area contributed by atoms with E-state index in [4.69, 9.17) is 0 Å². The Morgan fingerprint density at radius 3 is 2.52 bits per heavy atom. The van der Waals surface area contributed by atoms with Gasteiger partial charge in [0.25, 0.3) is 5.91 Å². The number of nitrogens with one attached hydrogen (secondary N) is 2. The summed E-state index contributed by atoms with van der Waals surface area (Å²) in [7, 11) is 0. The van der Waals surface area contributed by atoms with E-state index < -0.39 is 6.04 Å². The summed E-state index contributed by atoms with van der Waals surface area (Å²) in [4.78, 5) is 25.1. The van der Waals surface area contributed by atoms with Gasteiger partial charge in [-0.2, -0.15) is 5.10 Å². The minimum Gasteiger partial charge on any atom is -0.354 e. The van der Waals surface area contributed by atoms with Crippen LogP contribution in [0.15, 0.2) is 34.8 Å². The molecule has 0 radical (unpaired) electrons. The third-order valence-electron chi connectivity index (χ3n) is 4.30. The number of halogens is 1. The number of carbonyl (C=O) groups is 2. The molecule has 2 rings (SSSR count). The number of nitrogens with zero attached hydrogens (tertiary/aromatic N) is 2. The van der Waals surface area contributed by atoms with Crippen LogP contribution in [-0.2, 0) is 11.3 Å². The lowest BCUT2D eigenvalue weighted by Gasteiger charge is -2.22. The Bertz CT molecular complexity index is 801. The Kier molecular flexibility index (Phi) is 7.59. The predicted molar refractivity (Wildman–Crippen MR) is 110 cm³/mol. The summed E-state index contributed by atoms with van der Waals surface area (Å²) >= 11 is 3.37. The van der Waals surface area contributed by atoms with Crippen LogP contribution >= 0.6 is 15.9 Å². The standard InChI is InChI=1S/C20H27BrN4O2/c1-13(2)18(23-19(26)16-8-5-6-9-17(16)21)20(27)22-10-7-11-25-15(4)12-14(3)24-25/h5-6,8-9,12-13,18H,7,10-11H2,1-4H3,(H,22,27)(H,23,26)/t18-/m0/s1. The van der Waals surface area contributed by atoms with Gasteiger partial charge in [-0.1, -0.05) is 26.0 Å². The first-order chi connectivity index (χ1) is 12.8. The van der Waals surface area contributed by atoms with Gasteiger partial charge in [-0.3, -0.25) is 14.3 Å². The second-order valence-electron chi connectivity index (χ2n) is 6.97. The van der Waals surface area contributed by atoms with Crippen molar-refractivity contribution in [3.8, 4) is 0 Å². The number of rotatable bonds is 8. The van der Waals surface area contributed by atoms with E-state index in [1.165, 1.54) is 0 Å². The first-order valence-corrected chi connectivity index (χ1v) is 9.93. The largest absolute Gasteiger partial charge is 0.354 e. The molecule has 6 nitrogen and oxygen atoms in total. The summed E-state index contributed by atoms with van der Waals surface area (Å²) in [6.07, 6.45) is 0.774. The molecule has 0 unspecified atom stereocenters. The van der Waals surface area contributed by atoms with E-state index in [1.807, 2.05) is 44.5 Å². The number of amides is 2. The fourth-order valence-electron chi connectivity index (χ4n) is 2.85. The molecule has 2 aromatic rings. The average molecular weight is 435 g/mol. The lowest BCUT2D eigenvalue weighted by Crippen LogP contribution is -2.50. The maximum Gasteiger partial charge on any atom is 0.253 e. The minimum atomic E-state index is -0.585. The van der Waals surface area contributed by atoms with E-state index in [0.717, 1.165) is 24.4 Å². The van der Waals surface area contributed by atoms with Gasteiger partial charge < -0.3 is 10.6 Å². The Morgan fingerprint density at radius 1 is 1.22 bits per heavy atom. The molecule has 1 atom stereocenters. The molecule has 1 aromatic heterocycles. The highest BCUT2D eigenvalue weighted by Gasteiger charge is 2.25. The molecule has 0 aliphatic heterocycles. The minimum absolute atomic E-state index is 0.0209. The fraction of sp³-hybridized carbons (Fsp3) is 0.450. The molecule has 7 heteroatoms. The molecule has 0 spiro atoms. The zero-order valence-corrected chi connectivity index (χ0v) is 17.8. The highest BCUT2D eigenvalue weighted by atomic mass is 79.9. The van der Waals surface area contributed by atoms with Crippen molar-refractivity contribution in [3.05, 3.63) is 51.8 Å². The number of carbonyl (C=O) groups excluding carboxylic acids is 2. The molecular formula is C20H27BrN4O2. The molecule has 27 heavy (non-hydrogen) atoms. The lowest BCUT2D eigenvalue weighted by molar-refractivity contribution is -0.123. The SMILES string of the molecule is Cc1cc(C)n(CCCNC(=O)[C@@H](NC(=O)c2ccccc2Br)C(C)C)n1. The van der Waals surface area contributed by atoms with Crippen molar-refractivity contribution in [3.63, 3.8) is 0 Å². The maximum atomic E-state index is 12.6. The van der Waals surface area contributed by atoms with Gasteiger partial charge in [0.1, 0.15) is 6.04 Å². The van der Waals surface area contributed by atoms with Gasteiger partial charge >= 0.3 is 0 Å². The highest BCUT2D eigenvalue weighted by molar-refractivity contribution is 9.10. The summed E-state index contributed by atoms with van der Waals surface area (Å²) in [5.74, 6) is -0.454. The van der Waals surface area contributed by atoms with Crippen LogP contribution in [0, 0.1) is 19.8 Å². The van der Waals surface area contributed by atoms with Gasteiger partial charge in [0, 0.05) is 23.3 Å². The van der Waals surface area contributed by atoms with Gasteiger partial charge in [-0.05, 0) is 60.3 Å². The average Bonchev–Trinajstić information content (AvgIpc) is 2.93. The number of hydrogen-bond donors (Lipinski definition) is 2. The Labute approximate surface area is 168 Å². The Morgan fingerprint density at radius 2 is 1.93 bits per heavy atom. The van der Waals surface area contributed by atoms with Crippen molar-refractivity contribution in [2.45, 2.75) is 46.7 Å². The molecule has 1 heterocycles. The zero-order valence-electron chi connectivity index (χ0n) is 16.3. The topological polar surface area (TPSA) is 76.0 Å². The van der Waals surface area contributed by atoms with Gasteiger partial charge in [0.05, 0.1) is 11.3 Å². The van der Waals surface area contributed by atoms with E-state index in [9.17, 15) is 9.59 Å². The van der Waals surface area contributed by atoms with Crippen molar-refractivity contribution < 1.29 is 9.59 Å². The third kappa shape index (κ3) is 5.92. The molecule has 2 N–H and O–H groups in total. The number of benzene rings is 1. The van der Waals surface area contributed by atoms with E-state index >= 15 is 0 Å². The van der Waals surface area contributed by atoms with Crippen molar-refractivity contribution >= 4 is 27.7 Å². The molecule has 0 aliphatic carbocycles. The van der Waals surface area contributed by atoms with E-state index in [-0.39, 0.29) is 17.7 Å². The van der Waals surface area contributed by atoms with Gasteiger partial charge in [0.15, 0.2) is 0 Å². The van der Waals surface area contributed by atoms with Crippen LogP contribution in [0.25, 0.3) is 0 Å². The van der Waals surface area contributed by atoms with Gasteiger partial charge in [-0.25, -0.2) is 0 Å². The van der Waals surface area contributed by atoms with E-state index in [1.54, 1.807) is 18.2 Å². The molecular weight excluding hydrogens is 408 g/mol. The van der Waals surface area contributed by atoms with Crippen molar-refractivity contribution in [2.75, 3.05) is 6.54 Å². The Balaban J connectivity index is 1.88. The van der Waals surface area contributed by atoms with Crippen molar-refractivity contribution in [1.82, 2.24) is 20.4 Å². The van der Waals surface area contributed by atoms with Crippen LogP contribution in [0.2, 0.25) is 0 Å². The molecule has 0 saturated heterocycles. The molecule has 0 bridgehead atoms. The van der Waals surface area contributed by atoms with Crippen LogP contribution in [0.5, 0.6) is 0 Å². The van der Waals surface area contributed by atoms with Crippen LogP contribution < -0.4 is 10.6 Å². The quantitative estimate of drug-likeness (QED) is 0.626. The molecule has 2 amide bonds. The lowest BCUT2D eigenvalue weighted by atomic mass is 10.0. The Hall–Kier alpha value is -2.15. The second-order valence-corrected chi connectivity index (χ2v) is 7.82. The normalized spacial score (nSPS) is 12.1. The highest BCUT2D eigenvalue weighted by Crippen LogP contribution is 2.16.